The van der Waals surface area contributed by atoms with Crippen LogP contribution in [0.5, 0.6) is 0 Å². The Hall–Kier alpha value is -3.19. The number of esters is 1. The number of ether oxygens (including phenoxy) is 1. The summed E-state index contributed by atoms with van der Waals surface area (Å²) >= 11 is 5.76. The maximum absolute atomic E-state index is 12.6. The van der Waals surface area contributed by atoms with Gasteiger partial charge in [-0.2, -0.15) is 0 Å². The molecular weight excluding hydrogens is 360 g/mol. The number of allylic oxidation sites excluding steroid dienone is 1. The first-order chi connectivity index (χ1) is 12.4. The number of rotatable bonds is 6. The van der Waals surface area contributed by atoms with E-state index in [9.17, 15) is 19.7 Å². The van der Waals surface area contributed by atoms with Crippen molar-refractivity contribution in [3.05, 3.63) is 81.4 Å². The van der Waals surface area contributed by atoms with Gasteiger partial charge in [0.15, 0.2) is 0 Å². The van der Waals surface area contributed by atoms with Gasteiger partial charge < -0.3 is 10.1 Å². The third kappa shape index (κ3) is 4.90. The van der Waals surface area contributed by atoms with E-state index in [1.165, 1.54) is 24.3 Å². The van der Waals surface area contributed by atoms with Gasteiger partial charge in [-0.3, -0.25) is 14.9 Å². The Morgan fingerprint density at radius 3 is 2.54 bits per heavy atom. The van der Waals surface area contributed by atoms with Crippen molar-refractivity contribution in [3.63, 3.8) is 0 Å². The molecule has 0 bridgehead atoms. The average Bonchev–Trinajstić information content (AvgIpc) is 2.62. The molecule has 0 radical (unpaired) electrons. The van der Waals surface area contributed by atoms with Gasteiger partial charge >= 0.3 is 5.97 Å². The van der Waals surface area contributed by atoms with Crippen LogP contribution < -0.4 is 5.32 Å². The van der Waals surface area contributed by atoms with Gasteiger partial charge in [0.05, 0.1) is 4.92 Å². The van der Waals surface area contributed by atoms with Gasteiger partial charge in [-0.1, -0.05) is 48.0 Å². The van der Waals surface area contributed by atoms with E-state index in [4.69, 9.17) is 16.3 Å². The van der Waals surface area contributed by atoms with Gasteiger partial charge in [-0.25, -0.2) is 4.79 Å². The number of anilines is 1. The molecule has 1 N–H and O–H groups in total. The topological polar surface area (TPSA) is 98.5 Å². The molecule has 7 nitrogen and oxygen atoms in total. The van der Waals surface area contributed by atoms with Crippen molar-refractivity contribution in [3.8, 4) is 0 Å². The average molecular weight is 375 g/mol. The standard InChI is InChI=1S/C18H15ClN2O5/c1-2-6-16(22)26-17(12-7-4-3-5-8-12)18(23)20-13-9-10-14(19)15(11-13)21(24)25/h2-11,17H,1H3,(H,20,23)/b6-2+/t17-/m1/s1. The number of nitro groups is 1. The lowest BCUT2D eigenvalue weighted by Gasteiger charge is -2.17. The quantitative estimate of drug-likeness (QED) is 0.356. The third-order valence-electron chi connectivity index (χ3n) is 3.29. The largest absolute Gasteiger partial charge is 0.444 e. The SMILES string of the molecule is C/C=C/C(=O)O[C@@H](C(=O)Nc1ccc(Cl)c([N+](=O)[O-])c1)c1ccccc1. The van der Waals surface area contributed by atoms with Crippen molar-refractivity contribution < 1.29 is 19.2 Å². The fourth-order valence-corrected chi connectivity index (χ4v) is 2.32. The maximum Gasteiger partial charge on any atom is 0.331 e. The predicted molar refractivity (Wildman–Crippen MR) is 96.8 cm³/mol. The monoisotopic (exact) mass is 374 g/mol. The van der Waals surface area contributed by atoms with Gasteiger partial charge in [0.1, 0.15) is 5.02 Å². The number of nitrogens with zero attached hydrogens (tertiary/aromatic N) is 1. The van der Waals surface area contributed by atoms with Crippen molar-refractivity contribution in [1.82, 2.24) is 0 Å². The van der Waals surface area contributed by atoms with Crippen molar-refractivity contribution in [2.45, 2.75) is 13.0 Å². The summed E-state index contributed by atoms with van der Waals surface area (Å²) in [6.45, 7) is 1.64. The highest BCUT2D eigenvalue weighted by Gasteiger charge is 2.25. The molecule has 1 amide bonds. The molecule has 8 heteroatoms. The zero-order valence-electron chi connectivity index (χ0n) is 13.7. The first kappa shape index (κ1) is 19.1. The normalized spacial score (nSPS) is 11.8. The van der Waals surface area contributed by atoms with Crippen LogP contribution in [0.15, 0.2) is 60.7 Å². The number of carbonyl (C=O) groups is 2. The van der Waals surface area contributed by atoms with Crippen molar-refractivity contribution in [2.24, 2.45) is 0 Å². The Morgan fingerprint density at radius 2 is 1.92 bits per heavy atom. The van der Waals surface area contributed by atoms with Crippen LogP contribution in [0.2, 0.25) is 5.02 Å². The number of carbonyl (C=O) groups excluding carboxylic acids is 2. The lowest BCUT2D eigenvalue weighted by molar-refractivity contribution is -0.384. The van der Waals surface area contributed by atoms with E-state index in [0.717, 1.165) is 6.07 Å². The molecule has 0 saturated heterocycles. The molecule has 2 aromatic rings. The highest BCUT2D eigenvalue weighted by molar-refractivity contribution is 6.32. The minimum atomic E-state index is -1.21. The molecule has 26 heavy (non-hydrogen) atoms. The summed E-state index contributed by atoms with van der Waals surface area (Å²) in [7, 11) is 0. The fourth-order valence-electron chi connectivity index (χ4n) is 2.13. The zero-order valence-corrected chi connectivity index (χ0v) is 14.5. The number of halogens is 1. The van der Waals surface area contributed by atoms with Crippen LogP contribution in [0.4, 0.5) is 11.4 Å². The maximum atomic E-state index is 12.6. The van der Waals surface area contributed by atoms with Gasteiger partial charge in [0.2, 0.25) is 6.10 Å². The molecule has 2 aromatic carbocycles. The lowest BCUT2D eigenvalue weighted by Crippen LogP contribution is -2.25. The van der Waals surface area contributed by atoms with Crippen molar-refractivity contribution in [1.29, 1.82) is 0 Å². The zero-order chi connectivity index (χ0) is 19.1. The van der Waals surface area contributed by atoms with E-state index in [1.54, 1.807) is 37.3 Å². The lowest BCUT2D eigenvalue weighted by atomic mass is 10.1. The van der Waals surface area contributed by atoms with Gasteiger partial charge in [-0.15, -0.1) is 0 Å². The van der Waals surface area contributed by atoms with Crippen LogP contribution in [0.3, 0.4) is 0 Å². The van der Waals surface area contributed by atoms with Gasteiger partial charge in [0, 0.05) is 23.4 Å². The highest BCUT2D eigenvalue weighted by Crippen LogP contribution is 2.28. The van der Waals surface area contributed by atoms with Crippen LogP contribution in [-0.4, -0.2) is 16.8 Å². The molecule has 0 aliphatic carbocycles. The number of benzene rings is 2. The molecule has 0 saturated carbocycles. The third-order valence-corrected chi connectivity index (χ3v) is 3.61. The number of amides is 1. The summed E-state index contributed by atoms with van der Waals surface area (Å²) < 4.78 is 5.21. The molecular formula is C18H15ClN2O5. The number of nitrogens with one attached hydrogen (secondary N) is 1. The Morgan fingerprint density at radius 1 is 1.23 bits per heavy atom. The summed E-state index contributed by atoms with van der Waals surface area (Å²) in [6.07, 6.45) is 1.47. The molecule has 0 aliphatic rings. The first-order valence-corrected chi connectivity index (χ1v) is 7.93. The summed E-state index contributed by atoms with van der Waals surface area (Å²) in [5, 5.41) is 13.4. The van der Waals surface area contributed by atoms with E-state index in [1.807, 2.05) is 0 Å². The van der Waals surface area contributed by atoms with Crippen LogP contribution >= 0.6 is 11.6 Å². The minimum absolute atomic E-state index is 0.0490. The van der Waals surface area contributed by atoms with E-state index in [-0.39, 0.29) is 16.4 Å². The Kier molecular flexibility index (Phi) is 6.46. The van der Waals surface area contributed by atoms with E-state index >= 15 is 0 Å². The molecule has 0 aliphatic heterocycles. The van der Waals surface area contributed by atoms with Crippen LogP contribution in [0.25, 0.3) is 0 Å². The minimum Gasteiger partial charge on any atom is -0.444 e. The first-order valence-electron chi connectivity index (χ1n) is 7.55. The van der Waals surface area contributed by atoms with Crippen LogP contribution in [0, 0.1) is 10.1 Å². The second-order valence-electron chi connectivity index (χ2n) is 5.14. The summed E-state index contributed by atoms with van der Waals surface area (Å²) in [5.74, 6) is -1.33. The van der Waals surface area contributed by atoms with Crippen molar-refractivity contribution in [2.75, 3.05) is 5.32 Å². The summed E-state index contributed by atoms with van der Waals surface area (Å²) in [6, 6.07) is 12.3. The molecule has 0 unspecified atom stereocenters. The van der Waals surface area contributed by atoms with Crippen LogP contribution in [-0.2, 0) is 14.3 Å². The number of hydrogen-bond donors (Lipinski definition) is 1. The highest BCUT2D eigenvalue weighted by atomic mass is 35.5. The Balaban J connectivity index is 2.28. The molecule has 0 fully saturated rings. The smallest absolute Gasteiger partial charge is 0.331 e. The fraction of sp³-hybridized carbons (Fsp3) is 0.111. The molecule has 0 heterocycles. The Bertz CT molecular complexity index is 852. The number of nitro benzene ring substituents is 1. The molecule has 0 aromatic heterocycles. The summed E-state index contributed by atoms with van der Waals surface area (Å²) in [4.78, 5) is 34.7. The van der Waals surface area contributed by atoms with Crippen molar-refractivity contribution >= 4 is 34.9 Å². The molecule has 0 spiro atoms. The van der Waals surface area contributed by atoms with E-state index in [0.29, 0.717) is 5.56 Å². The van der Waals surface area contributed by atoms with E-state index < -0.39 is 22.9 Å². The van der Waals surface area contributed by atoms with Crippen LogP contribution in [0.1, 0.15) is 18.6 Å². The molecule has 134 valence electrons. The van der Waals surface area contributed by atoms with Gasteiger partial charge in [0.25, 0.3) is 11.6 Å². The second kappa shape index (κ2) is 8.77. The molecule has 2 rings (SSSR count). The molecule has 1 atom stereocenters. The second-order valence-corrected chi connectivity index (χ2v) is 5.55. The number of hydrogen-bond acceptors (Lipinski definition) is 5. The predicted octanol–water partition coefficient (Wildman–Crippen LogP) is 4.05. The Labute approximate surface area is 154 Å². The summed E-state index contributed by atoms with van der Waals surface area (Å²) in [5.41, 5.74) is 0.284. The van der Waals surface area contributed by atoms with E-state index in [2.05, 4.69) is 5.32 Å². The van der Waals surface area contributed by atoms with Gasteiger partial charge in [-0.05, 0) is 19.1 Å².